The molecule has 0 aliphatic rings. The standard InChI is InChI=1S/C12H12O3S/c1-3-7-6-9-10(16-7)5-4-8(12(13)14)11(9)15-2/h4-6H,3H2,1-2H3,(H,13,14). The van der Waals surface area contributed by atoms with Gasteiger partial charge < -0.3 is 9.84 Å². The first kappa shape index (κ1) is 11.0. The van der Waals surface area contributed by atoms with Gasteiger partial charge in [0.05, 0.1) is 7.11 Å². The van der Waals surface area contributed by atoms with Crippen LogP contribution in [0.5, 0.6) is 5.75 Å². The number of rotatable bonds is 3. The van der Waals surface area contributed by atoms with Crippen molar-refractivity contribution in [1.82, 2.24) is 0 Å². The van der Waals surface area contributed by atoms with Crippen LogP contribution in [0.15, 0.2) is 18.2 Å². The third-order valence-corrected chi connectivity index (χ3v) is 3.73. The van der Waals surface area contributed by atoms with Gasteiger partial charge in [-0.05, 0) is 24.6 Å². The number of methoxy groups -OCH3 is 1. The summed E-state index contributed by atoms with van der Waals surface area (Å²) in [6.07, 6.45) is 0.949. The molecule has 0 aliphatic carbocycles. The molecule has 0 radical (unpaired) electrons. The Balaban J connectivity index is 2.74. The Morgan fingerprint density at radius 2 is 2.25 bits per heavy atom. The van der Waals surface area contributed by atoms with E-state index in [0.717, 1.165) is 16.5 Å². The van der Waals surface area contributed by atoms with E-state index >= 15 is 0 Å². The van der Waals surface area contributed by atoms with Crippen molar-refractivity contribution in [3.05, 3.63) is 28.6 Å². The Morgan fingerprint density at radius 3 is 2.81 bits per heavy atom. The van der Waals surface area contributed by atoms with Gasteiger partial charge in [-0.25, -0.2) is 4.79 Å². The Labute approximate surface area is 97.3 Å². The van der Waals surface area contributed by atoms with Crippen molar-refractivity contribution in [3.8, 4) is 5.75 Å². The third kappa shape index (κ3) is 1.65. The van der Waals surface area contributed by atoms with Crippen molar-refractivity contribution < 1.29 is 14.6 Å². The fourth-order valence-electron chi connectivity index (χ4n) is 1.70. The van der Waals surface area contributed by atoms with Crippen LogP contribution in [0.4, 0.5) is 0 Å². The number of carboxylic acids is 1. The molecule has 1 aromatic carbocycles. The van der Waals surface area contributed by atoms with Crippen LogP contribution >= 0.6 is 11.3 Å². The average Bonchev–Trinajstić information content (AvgIpc) is 2.69. The van der Waals surface area contributed by atoms with E-state index in [-0.39, 0.29) is 5.56 Å². The van der Waals surface area contributed by atoms with Gasteiger partial charge in [0.25, 0.3) is 0 Å². The number of ether oxygens (including phenoxy) is 1. The predicted octanol–water partition coefficient (Wildman–Crippen LogP) is 3.17. The Hall–Kier alpha value is -1.55. The van der Waals surface area contributed by atoms with Crippen molar-refractivity contribution >= 4 is 27.4 Å². The number of hydrogen-bond acceptors (Lipinski definition) is 3. The van der Waals surface area contributed by atoms with Gasteiger partial charge >= 0.3 is 5.97 Å². The van der Waals surface area contributed by atoms with Crippen molar-refractivity contribution in [3.63, 3.8) is 0 Å². The van der Waals surface area contributed by atoms with Crippen LogP contribution in [0.25, 0.3) is 10.1 Å². The van der Waals surface area contributed by atoms with Crippen LogP contribution in [0.3, 0.4) is 0 Å². The maximum Gasteiger partial charge on any atom is 0.339 e. The first-order valence-corrected chi connectivity index (χ1v) is 5.81. The van der Waals surface area contributed by atoms with Crippen LogP contribution in [0.2, 0.25) is 0 Å². The molecule has 0 amide bonds. The summed E-state index contributed by atoms with van der Waals surface area (Å²) in [5.74, 6) is -0.496. The highest BCUT2D eigenvalue weighted by Crippen LogP contribution is 2.35. The summed E-state index contributed by atoms with van der Waals surface area (Å²) in [6, 6.07) is 5.44. The number of aromatic carboxylic acids is 1. The van der Waals surface area contributed by atoms with Gasteiger partial charge in [0.2, 0.25) is 0 Å². The minimum absolute atomic E-state index is 0.218. The van der Waals surface area contributed by atoms with E-state index in [9.17, 15) is 4.79 Å². The quantitative estimate of drug-likeness (QED) is 0.890. The molecule has 3 nitrogen and oxygen atoms in total. The zero-order valence-corrected chi connectivity index (χ0v) is 9.93. The molecule has 16 heavy (non-hydrogen) atoms. The van der Waals surface area contributed by atoms with Gasteiger partial charge in [-0.2, -0.15) is 0 Å². The first-order chi connectivity index (χ1) is 7.67. The van der Waals surface area contributed by atoms with Crippen LogP contribution in [0.1, 0.15) is 22.2 Å². The minimum atomic E-state index is -0.956. The number of thiophene rings is 1. The van der Waals surface area contributed by atoms with Crippen LogP contribution in [-0.4, -0.2) is 18.2 Å². The summed E-state index contributed by atoms with van der Waals surface area (Å²) in [5, 5.41) is 9.94. The van der Waals surface area contributed by atoms with E-state index in [2.05, 4.69) is 6.92 Å². The summed E-state index contributed by atoms with van der Waals surface area (Å²) in [5.41, 5.74) is 0.218. The lowest BCUT2D eigenvalue weighted by Crippen LogP contribution is -2.00. The zero-order chi connectivity index (χ0) is 11.7. The van der Waals surface area contributed by atoms with E-state index in [0.29, 0.717) is 5.75 Å². The van der Waals surface area contributed by atoms with Crippen LogP contribution < -0.4 is 4.74 Å². The molecule has 1 aromatic heterocycles. The summed E-state index contributed by atoms with van der Waals surface area (Å²) in [4.78, 5) is 12.3. The molecule has 0 spiro atoms. The average molecular weight is 236 g/mol. The Kier molecular flexibility index (Phi) is 2.83. The zero-order valence-electron chi connectivity index (χ0n) is 9.11. The van der Waals surface area contributed by atoms with E-state index in [1.165, 1.54) is 12.0 Å². The molecule has 2 aromatic rings. The van der Waals surface area contributed by atoms with Crippen LogP contribution in [-0.2, 0) is 6.42 Å². The van der Waals surface area contributed by atoms with Gasteiger partial charge in [-0.1, -0.05) is 6.92 Å². The van der Waals surface area contributed by atoms with E-state index in [1.54, 1.807) is 17.4 Å². The maximum atomic E-state index is 11.0. The van der Waals surface area contributed by atoms with E-state index in [1.807, 2.05) is 12.1 Å². The van der Waals surface area contributed by atoms with E-state index in [4.69, 9.17) is 9.84 Å². The number of hydrogen-bond donors (Lipinski definition) is 1. The van der Waals surface area contributed by atoms with E-state index < -0.39 is 5.97 Å². The van der Waals surface area contributed by atoms with Crippen molar-refractivity contribution in [2.75, 3.05) is 7.11 Å². The monoisotopic (exact) mass is 236 g/mol. The second kappa shape index (κ2) is 4.14. The molecule has 4 heteroatoms. The predicted molar refractivity (Wildman–Crippen MR) is 64.7 cm³/mol. The molecule has 0 unspecified atom stereocenters. The van der Waals surface area contributed by atoms with Gasteiger partial charge in [-0.15, -0.1) is 11.3 Å². The number of carboxylic acid groups (broad SMARTS) is 1. The highest BCUT2D eigenvalue weighted by Gasteiger charge is 2.15. The molecule has 0 bridgehead atoms. The molecule has 0 aliphatic heterocycles. The minimum Gasteiger partial charge on any atom is -0.495 e. The second-order valence-corrected chi connectivity index (χ2v) is 4.60. The summed E-state index contributed by atoms with van der Waals surface area (Å²) >= 11 is 1.67. The molecule has 2 rings (SSSR count). The van der Waals surface area contributed by atoms with Crippen molar-refractivity contribution in [2.24, 2.45) is 0 Å². The molecule has 84 valence electrons. The topological polar surface area (TPSA) is 46.5 Å². The van der Waals surface area contributed by atoms with Gasteiger partial charge in [-0.3, -0.25) is 0 Å². The lowest BCUT2D eigenvalue weighted by molar-refractivity contribution is 0.0693. The molecule has 0 saturated carbocycles. The fraction of sp³-hybridized carbons (Fsp3) is 0.250. The molecule has 0 atom stereocenters. The van der Waals surface area contributed by atoms with Crippen molar-refractivity contribution in [1.29, 1.82) is 0 Å². The molecule has 0 fully saturated rings. The molecule has 1 N–H and O–H groups in total. The first-order valence-electron chi connectivity index (χ1n) is 5.00. The summed E-state index contributed by atoms with van der Waals surface area (Å²) < 4.78 is 6.27. The molecular formula is C12H12O3S. The summed E-state index contributed by atoms with van der Waals surface area (Å²) in [6.45, 7) is 2.08. The molecular weight excluding hydrogens is 224 g/mol. The highest BCUT2D eigenvalue weighted by atomic mass is 32.1. The second-order valence-electron chi connectivity index (χ2n) is 3.43. The summed E-state index contributed by atoms with van der Waals surface area (Å²) in [7, 11) is 1.50. The highest BCUT2D eigenvalue weighted by molar-refractivity contribution is 7.19. The fourth-order valence-corrected chi connectivity index (χ4v) is 2.70. The number of carbonyl (C=O) groups is 1. The smallest absolute Gasteiger partial charge is 0.339 e. The third-order valence-electron chi connectivity index (χ3n) is 2.49. The van der Waals surface area contributed by atoms with Crippen LogP contribution in [0, 0.1) is 0 Å². The largest absolute Gasteiger partial charge is 0.495 e. The normalized spacial score (nSPS) is 10.6. The SMILES string of the molecule is CCc1cc2c(OC)c(C(=O)O)ccc2s1. The van der Waals surface area contributed by atoms with Crippen molar-refractivity contribution in [2.45, 2.75) is 13.3 Å². The Bertz CT molecular complexity index is 542. The molecule has 0 saturated heterocycles. The molecule has 1 heterocycles. The van der Waals surface area contributed by atoms with Gasteiger partial charge in [0.1, 0.15) is 11.3 Å². The van der Waals surface area contributed by atoms with Gasteiger partial charge in [0.15, 0.2) is 0 Å². The maximum absolute atomic E-state index is 11.0. The Morgan fingerprint density at radius 1 is 1.50 bits per heavy atom. The number of benzene rings is 1. The van der Waals surface area contributed by atoms with Gasteiger partial charge in [0, 0.05) is 15.0 Å². The number of fused-ring (bicyclic) bond motifs is 1. The lowest BCUT2D eigenvalue weighted by Gasteiger charge is -2.05. The number of aryl methyl sites for hydroxylation is 1. The lowest BCUT2D eigenvalue weighted by atomic mass is 10.1.